The van der Waals surface area contributed by atoms with Crippen molar-refractivity contribution in [3.05, 3.63) is 27.8 Å². The highest BCUT2D eigenvalue weighted by molar-refractivity contribution is 14.1. The highest BCUT2D eigenvalue weighted by atomic mass is 127. The van der Waals surface area contributed by atoms with Gasteiger partial charge in [0.25, 0.3) is 0 Å². The van der Waals surface area contributed by atoms with Crippen LogP contribution in [0.3, 0.4) is 0 Å². The Balaban J connectivity index is 0.00000107. The van der Waals surface area contributed by atoms with Crippen molar-refractivity contribution < 1.29 is 165 Å². The first-order chi connectivity index (χ1) is 35.2. The molecule has 22 fully saturated rings. The standard InChI is InChI=1S/C36H60O30.C6H6IN.3H2O/c37-1-7-25-13(43)19(49)31(55-7)62-26-8(2-38)57-33(21(51)15(26)45)64-28-10(4-40)59-35(23(53)17(28)47)66-30-12(6-42)60-36(24(54)18(30)48)65-29-11(5-41)58-34(22(52)16(29)46)63-27-9(3-39)56-32(61-25)20(50)14(27)44;7-5-1-3-6(8)4-2-5;;;/h7-54H,1-6H2;1-4H,8H2;3*1H2/t7-,8-,9-,10-,11-,12-,13-,14-,15-,16-,17-,18-,19-,20-,21-,22-,23-,24-,25-,26-,27-,28-,29-,30-,31-,32-,33-,34-,35-,36-;;;;/m1..../s1. The third-order valence-electron chi connectivity index (χ3n) is 13.5. The first kappa shape index (κ1) is 67.9. The Morgan fingerprint density at radius 2 is 0.442 bits per heavy atom. The van der Waals surface area contributed by atoms with Crippen molar-refractivity contribution in [1.82, 2.24) is 0 Å². The lowest BCUT2D eigenvalue weighted by Gasteiger charge is -2.50. The third kappa shape index (κ3) is 14.4. The Bertz CT molecular complexity index is 1570. The van der Waals surface area contributed by atoms with Crippen LogP contribution in [0.15, 0.2) is 24.3 Å². The molecule has 77 heavy (non-hydrogen) atoms. The molecule has 22 aliphatic heterocycles. The highest BCUT2D eigenvalue weighted by Gasteiger charge is 2.58. The van der Waals surface area contributed by atoms with Gasteiger partial charge in [-0.25, -0.2) is 0 Å². The van der Waals surface area contributed by atoms with Gasteiger partial charge in [0, 0.05) is 9.26 Å². The minimum atomic E-state index is -2.15. The summed E-state index contributed by atoms with van der Waals surface area (Å²) in [5.74, 6) is 0. The first-order valence-electron chi connectivity index (χ1n) is 23.4. The van der Waals surface area contributed by atoms with Gasteiger partial charge in [-0.15, -0.1) is 0 Å². The Morgan fingerprint density at radius 3 is 0.571 bits per heavy atom. The van der Waals surface area contributed by atoms with Crippen LogP contribution in [0.2, 0.25) is 0 Å². The molecule has 0 radical (unpaired) electrons. The second-order valence-electron chi connectivity index (χ2n) is 18.4. The monoisotopic (exact) mass is 1250 g/mol. The number of ether oxygens (including phenoxy) is 12. The average molecular weight is 1250 g/mol. The topological polar surface area (TPSA) is 595 Å². The van der Waals surface area contributed by atoms with Crippen LogP contribution in [0.4, 0.5) is 5.69 Å². The molecule has 35 heteroatoms. The van der Waals surface area contributed by atoms with Crippen molar-refractivity contribution in [1.29, 1.82) is 0 Å². The number of nitrogens with two attached hydrogens (primary N) is 1. The van der Waals surface area contributed by atoms with Crippen LogP contribution in [0.1, 0.15) is 0 Å². The zero-order chi connectivity index (χ0) is 54.0. The number of aliphatic hydroxyl groups excluding tert-OH is 18. The largest absolute Gasteiger partial charge is 0.412 e. The van der Waals surface area contributed by atoms with E-state index < -0.39 is 224 Å². The molecule has 1 aromatic rings. The Morgan fingerprint density at radius 1 is 0.286 bits per heavy atom. The maximum Gasteiger partial charge on any atom is 0.187 e. The van der Waals surface area contributed by atoms with Gasteiger partial charge < -0.3 is 171 Å². The Kier molecular flexibility index (Phi) is 26.1. The summed E-state index contributed by atoms with van der Waals surface area (Å²) in [6.07, 6.45) is -58.5. The molecule has 0 aromatic heterocycles. The molecular formula is C42H72INO33. The number of nitrogen functional groups attached to an aromatic ring is 1. The molecule has 22 aliphatic rings. The molecule has 0 aliphatic carbocycles. The highest BCUT2D eigenvalue weighted by Crippen LogP contribution is 2.38. The second-order valence-corrected chi connectivity index (χ2v) is 19.6. The summed E-state index contributed by atoms with van der Waals surface area (Å²) >= 11 is 2.24. The number of hydrogen-bond donors (Lipinski definition) is 19. The summed E-state index contributed by atoms with van der Waals surface area (Å²) in [6, 6.07) is 7.75. The van der Waals surface area contributed by atoms with Gasteiger partial charge in [0.1, 0.15) is 146 Å². The van der Waals surface area contributed by atoms with Crippen molar-refractivity contribution in [3.8, 4) is 0 Å². The minimum absolute atomic E-state index is 0. The van der Waals surface area contributed by atoms with Crippen molar-refractivity contribution in [2.75, 3.05) is 45.4 Å². The van der Waals surface area contributed by atoms with E-state index >= 15 is 0 Å². The maximum absolute atomic E-state index is 11.2. The van der Waals surface area contributed by atoms with Crippen LogP contribution in [-0.4, -0.2) is 332 Å². The van der Waals surface area contributed by atoms with Crippen LogP contribution in [-0.2, 0) is 56.8 Å². The summed E-state index contributed by atoms with van der Waals surface area (Å²) in [7, 11) is 0. The molecule has 23 rings (SSSR count). The molecule has 26 N–H and O–H groups in total. The van der Waals surface area contributed by atoms with Crippen LogP contribution in [0, 0.1) is 3.57 Å². The fraction of sp³-hybridized carbons (Fsp3) is 0.857. The van der Waals surface area contributed by atoms with Gasteiger partial charge in [0.2, 0.25) is 0 Å². The SMILES string of the molecule is Nc1ccc(I)cc1.O.O.O.OC[C@H]1O[C@@H]2O[C@H]3[C@H](O)[C@@H](O)[C@@H](O[C@H]4[C@H](O)[C@@H](O)[C@@H](O[C@H]5[C@H](O)[C@@H](O)[C@@H](O[C@H]6[C@H](O)[C@@H](O)[C@@H](O[C@H]7[C@H](O)[C@@H](O)[C@@H](O[C@H]1[C@H](O)[C@H]2O)O[C@@H]7CO)O[C@@H]6CO)O[C@@H]5CO)O[C@@H]4CO)O[C@@H]3CO. The van der Waals surface area contributed by atoms with Crippen molar-refractivity contribution >= 4 is 28.3 Å². The molecule has 0 spiro atoms. The zero-order valence-electron chi connectivity index (χ0n) is 40.3. The molecule has 12 bridgehead atoms. The van der Waals surface area contributed by atoms with E-state index in [-0.39, 0.29) is 16.4 Å². The lowest BCUT2D eigenvalue weighted by atomic mass is 9.94. The summed E-state index contributed by atoms with van der Waals surface area (Å²) in [5, 5.41) is 196. The molecule has 0 amide bonds. The van der Waals surface area contributed by atoms with Crippen LogP contribution < -0.4 is 5.73 Å². The van der Waals surface area contributed by atoms with E-state index in [4.69, 9.17) is 62.6 Å². The molecule has 1 aromatic carbocycles. The smallest absolute Gasteiger partial charge is 0.187 e. The van der Waals surface area contributed by atoms with Gasteiger partial charge in [0.05, 0.1) is 39.6 Å². The lowest BCUT2D eigenvalue weighted by molar-refractivity contribution is -0.404. The van der Waals surface area contributed by atoms with Crippen LogP contribution in [0.5, 0.6) is 0 Å². The van der Waals surface area contributed by atoms with E-state index in [0.29, 0.717) is 0 Å². The molecule has 22 saturated heterocycles. The third-order valence-corrected chi connectivity index (χ3v) is 14.3. The molecule has 22 heterocycles. The molecule has 30 atom stereocenters. The van der Waals surface area contributed by atoms with E-state index in [2.05, 4.69) is 22.6 Å². The number of halogens is 1. The average Bonchev–Trinajstić information content (AvgIpc) is 3.39. The molecule has 34 nitrogen and oxygen atoms in total. The van der Waals surface area contributed by atoms with Crippen molar-refractivity contribution in [2.24, 2.45) is 0 Å². The van der Waals surface area contributed by atoms with E-state index in [1.54, 1.807) is 0 Å². The maximum atomic E-state index is 11.2. The van der Waals surface area contributed by atoms with Gasteiger partial charge in [0.15, 0.2) is 37.7 Å². The summed E-state index contributed by atoms with van der Waals surface area (Å²) in [4.78, 5) is 0. The molecule has 450 valence electrons. The lowest BCUT2D eigenvalue weighted by Crippen LogP contribution is -2.69. The molecular weight excluding hydrogens is 1170 g/mol. The van der Waals surface area contributed by atoms with E-state index in [1.807, 2.05) is 24.3 Å². The fourth-order valence-corrected chi connectivity index (χ4v) is 9.75. The second kappa shape index (κ2) is 29.6. The summed E-state index contributed by atoms with van der Waals surface area (Å²) < 4.78 is 69.1. The Labute approximate surface area is 449 Å². The first-order valence-corrected chi connectivity index (χ1v) is 24.5. The number of rotatable bonds is 6. The van der Waals surface area contributed by atoms with Gasteiger partial charge in [-0.2, -0.15) is 0 Å². The summed E-state index contributed by atoms with van der Waals surface area (Å²) in [6.45, 7) is -5.99. The minimum Gasteiger partial charge on any atom is -0.412 e. The van der Waals surface area contributed by atoms with E-state index in [1.165, 1.54) is 3.57 Å². The fourth-order valence-electron chi connectivity index (χ4n) is 9.39. The van der Waals surface area contributed by atoms with Gasteiger partial charge >= 0.3 is 0 Å². The number of anilines is 1. The van der Waals surface area contributed by atoms with Crippen LogP contribution in [0.25, 0.3) is 0 Å². The molecule has 0 unspecified atom stereocenters. The van der Waals surface area contributed by atoms with Gasteiger partial charge in [-0.1, -0.05) is 0 Å². The number of benzene rings is 1. The van der Waals surface area contributed by atoms with Crippen molar-refractivity contribution in [3.63, 3.8) is 0 Å². The van der Waals surface area contributed by atoms with Gasteiger partial charge in [-0.05, 0) is 46.9 Å². The van der Waals surface area contributed by atoms with Gasteiger partial charge in [-0.3, -0.25) is 0 Å². The number of aliphatic hydroxyl groups is 18. The predicted molar refractivity (Wildman–Crippen MR) is 250 cm³/mol. The van der Waals surface area contributed by atoms with E-state index in [9.17, 15) is 91.9 Å². The number of hydrogen-bond acceptors (Lipinski definition) is 31. The predicted octanol–water partition coefficient (Wildman–Crippen LogP) is -13.7. The quantitative estimate of drug-likeness (QED) is 0.0929. The normalized spacial score (nSPS) is 48.4. The summed E-state index contributed by atoms with van der Waals surface area (Å²) in [5.41, 5.74) is 6.25. The van der Waals surface area contributed by atoms with Crippen molar-refractivity contribution in [2.45, 2.75) is 184 Å². The Hall–Kier alpha value is -1.57. The van der Waals surface area contributed by atoms with E-state index in [0.717, 1.165) is 5.69 Å². The zero-order valence-corrected chi connectivity index (χ0v) is 42.4. The van der Waals surface area contributed by atoms with Crippen LogP contribution >= 0.6 is 22.6 Å². The molecule has 0 saturated carbocycles.